The van der Waals surface area contributed by atoms with E-state index < -0.39 is 29.4 Å². The molecule has 0 fully saturated rings. The van der Waals surface area contributed by atoms with Crippen molar-refractivity contribution in [3.63, 3.8) is 0 Å². The van der Waals surface area contributed by atoms with E-state index in [-0.39, 0.29) is 5.56 Å². The molecule has 5 heteroatoms. The van der Waals surface area contributed by atoms with Crippen LogP contribution >= 0.6 is 0 Å². The molecule has 0 heterocycles. The highest BCUT2D eigenvalue weighted by Gasteiger charge is 2.19. The molecule has 0 saturated carbocycles. The summed E-state index contributed by atoms with van der Waals surface area (Å²) < 4.78 is 49.7. The quantitative estimate of drug-likeness (QED) is 0.536. The Morgan fingerprint density at radius 2 is 1.86 bits per heavy atom. The SMILES string of the molecule is CC(=O)c1cc(F)c(F)c(C(F)F)c1. The smallest absolute Gasteiger partial charge is 0.266 e. The van der Waals surface area contributed by atoms with Crippen LogP contribution in [0.5, 0.6) is 0 Å². The zero-order valence-corrected chi connectivity index (χ0v) is 7.15. The molecule has 0 aromatic heterocycles. The number of carbonyl (C=O) groups excluding carboxylic acids is 1. The second kappa shape index (κ2) is 3.77. The number of rotatable bonds is 2. The summed E-state index contributed by atoms with van der Waals surface area (Å²) in [6.45, 7) is 1.09. The maximum absolute atomic E-state index is 12.7. The second-order valence-electron chi connectivity index (χ2n) is 2.72. The Morgan fingerprint density at radius 1 is 1.29 bits per heavy atom. The Morgan fingerprint density at radius 3 is 2.29 bits per heavy atom. The van der Waals surface area contributed by atoms with Gasteiger partial charge in [-0.1, -0.05) is 0 Å². The lowest BCUT2D eigenvalue weighted by atomic mass is 10.1. The molecule has 14 heavy (non-hydrogen) atoms. The highest BCUT2D eigenvalue weighted by atomic mass is 19.3. The molecule has 1 rings (SSSR count). The van der Waals surface area contributed by atoms with Crippen molar-refractivity contribution in [3.05, 3.63) is 34.9 Å². The Hall–Kier alpha value is -1.39. The minimum Gasteiger partial charge on any atom is -0.295 e. The van der Waals surface area contributed by atoms with Crippen molar-refractivity contribution in [3.8, 4) is 0 Å². The topological polar surface area (TPSA) is 17.1 Å². The molecular formula is C9H6F4O. The molecular weight excluding hydrogens is 200 g/mol. The van der Waals surface area contributed by atoms with Gasteiger partial charge in [0.15, 0.2) is 17.4 Å². The van der Waals surface area contributed by atoms with Gasteiger partial charge in [0.2, 0.25) is 0 Å². The van der Waals surface area contributed by atoms with E-state index in [1.807, 2.05) is 0 Å². The molecule has 0 aliphatic heterocycles. The maximum Gasteiger partial charge on any atom is 0.266 e. The van der Waals surface area contributed by atoms with E-state index >= 15 is 0 Å². The monoisotopic (exact) mass is 206 g/mol. The van der Waals surface area contributed by atoms with Crippen LogP contribution in [0.25, 0.3) is 0 Å². The van der Waals surface area contributed by atoms with E-state index in [1.165, 1.54) is 0 Å². The molecule has 0 atom stereocenters. The molecule has 0 saturated heterocycles. The predicted molar refractivity (Wildman–Crippen MR) is 41.3 cm³/mol. The van der Waals surface area contributed by atoms with Crippen LogP contribution in [-0.2, 0) is 0 Å². The van der Waals surface area contributed by atoms with Gasteiger partial charge in [0.1, 0.15) is 0 Å². The first-order chi connectivity index (χ1) is 6.43. The lowest BCUT2D eigenvalue weighted by Gasteiger charge is -2.04. The largest absolute Gasteiger partial charge is 0.295 e. The normalized spacial score (nSPS) is 10.7. The van der Waals surface area contributed by atoms with Gasteiger partial charge >= 0.3 is 0 Å². The summed E-state index contributed by atoms with van der Waals surface area (Å²) in [6.07, 6.45) is -3.14. The van der Waals surface area contributed by atoms with E-state index in [4.69, 9.17) is 0 Å². The third-order valence-corrected chi connectivity index (χ3v) is 1.70. The van der Waals surface area contributed by atoms with Gasteiger partial charge in [-0.2, -0.15) is 0 Å². The molecule has 0 bridgehead atoms. The third-order valence-electron chi connectivity index (χ3n) is 1.70. The minimum absolute atomic E-state index is 0.265. The molecule has 1 nitrogen and oxygen atoms in total. The van der Waals surface area contributed by atoms with E-state index in [9.17, 15) is 22.4 Å². The summed E-state index contributed by atoms with van der Waals surface area (Å²) >= 11 is 0. The van der Waals surface area contributed by atoms with Gasteiger partial charge in [0.05, 0.1) is 5.56 Å². The first-order valence-corrected chi connectivity index (χ1v) is 3.71. The number of hydrogen-bond donors (Lipinski definition) is 0. The second-order valence-corrected chi connectivity index (χ2v) is 2.72. The summed E-state index contributed by atoms with van der Waals surface area (Å²) in [4.78, 5) is 10.7. The van der Waals surface area contributed by atoms with Crippen molar-refractivity contribution in [1.82, 2.24) is 0 Å². The number of alkyl halides is 2. The van der Waals surface area contributed by atoms with Gasteiger partial charge in [-0.15, -0.1) is 0 Å². The average Bonchev–Trinajstić information content (AvgIpc) is 2.08. The van der Waals surface area contributed by atoms with Crippen molar-refractivity contribution >= 4 is 5.78 Å². The van der Waals surface area contributed by atoms with Crippen molar-refractivity contribution < 1.29 is 22.4 Å². The lowest BCUT2D eigenvalue weighted by Crippen LogP contribution is -2.01. The lowest BCUT2D eigenvalue weighted by molar-refractivity contribution is 0.101. The van der Waals surface area contributed by atoms with Crippen LogP contribution < -0.4 is 0 Å². The molecule has 0 amide bonds. The predicted octanol–water partition coefficient (Wildman–Crippen LogP) is 3.11. The van der Waals surface area contributed by atoms with Crippen LogP contribution in [0.4, 0.5) is 17.6 Å². The Balaban J connectivity index is 3.35. The van der Waals surface area contributed by atoms with Crippen LogP contribution in [0.3, 0.4) is 0 Å². The number of ketones is 1. The van der Waals surface area contributed by atoms with Crippen molar-refractivity contribution in [2.24, 2.45) is 0 Å². The standard InChI is InChI=1S/C9H6F4O/c1-4(14)5-2-6(9(12)13)8(11)7(10)3-5/h2-3,9H,1H3. The summed E-state index contributed by atoms with van der Waals surface area (Å²) in [5, 5.41) is 0. The minimum atomic E-state index is -3.14. The molecule has 0 aliphatic rings. The highest BCUT2D eigenvalue weighted by molar-refractivity contribution is 5.94. The Labute approximate surface area is 77.3 Å². The molecule has 1 aromatic carbocycles. The van der Waals surface area contributed by atoms with Crippen LogP contribution in [0, 0.1) is 11.6 Å². The Bertz CT molecular complexity index is 373. The fourth-order valence-electron chi connectivity index (χ4n) is 0.972. The molecule has 0 spiro atoms. The Kier molecular flexibility index (Phi) is 2.88. The van der Waals surface area contributed by atoms with Gasteiger partial charge < -0.3 is 0 Å². The van der Waals surface area contributed by atoms with Crippen molar-refractivity contribution in [1.29, 1.82) is 0 Å². The first-order valence-electron chi connectivity index (χ1n) is 3.71. The molecule has 0 unspecified atom stereocenters. The van der Waals surface area contributed by atoms with E-state index in [2.05, 4.69) is 0 Å². The van der Waals surface area contributed by atoms with Gasteiger partial charge in [-0.05, 0) is 19.1 Å². The van der Waals surface area contributed by atoms with E-state index in [0.717, 1.165) is 6.92 Å². The van der Waals surface area contributed by atoms with Gasteiger partial charge in [0.25, 0.3) is 6.43 Å². The van der Waals surface area contributed by atoms with Gasteiger partial charge in [-0.25, -0.2) is 17.6 Å². The molecule has 76 valence electrons. The van der Waals surface area contributed by atoms with E-state index in [0.29, 0.717) is 12.1 Å². The molecule has 1 aromatic rings. The van der Waals surface area contributed by atoms with Gasteiger partial charge in [-0.3, -0.25) is 4.79 Å². The summed E-state index contributed by atoms with van der Waals surface area (Å²) in [5.41, 5.74) is -1.35. The number of benzene rings is 1. The number of Topliss-reactive ketones (excluding diaryl/α,β-unsaturated/α-hetero) is 1. The molecule has 0 radical (unpaired) electrons. The van der Waals surface area contributed by atoms with Crippen molar-refractivity contribution in [2.75, 3.05) is 0 Å². The van der Waals surface area contributed by atoms with Crippen molar-refractivity contribution in [2.45, 2.75) is 13.3 Å². The maximum atomic E-state index is 12.7. The fraction of sp³-hybridized carbons (Fsp3) is 0.222. The number of carbonyl (C=O) groups is 1. The van der Waals surface area contributed by atoms with Crippen LogP contribution in [-0.4, -0.2) is 5.78 Å². The first kappa shape index (κ1) is 10.7. The zero-order chi connectivity index (χ0) is 10.9. The zero-order valence-electron chi connectivity index (χ0n) is 7.15. The fourth-order valence-corrected chi connectivity index (χ4v) is 0.972. The summed E-state index contributed by atoms with van der Waals surface area (Å²) in [6, 6.07) is 1.26. The third kappa shape index (κ3) is 1.92. The van der Waals surface area contributed by atoms with Crippen LogP contribution in [0.15, 0.2) is 12.1 Å². The highest BCUT2D eigenvalue weighted by Crippen LogP contribution is 2.25. The van der Waals surface area contributed by atoms with Crippen LogP contribution in [0.2, 0.25) is 0 Å². The van der Waals surface area contributed by atoms with E-state index in [1.54, 1.807) is 0 Å². The summed E-state index contributed by atoms with van der Waals surface area (Å²) in [5.74, 6) is -3.64. The van der Waals surface area contributed by atoms with Gasteiger partial charge in [0, 0.05) is 5.56 Å². The molecule has 0 aliphatic carbocycles. The van der Waals surface area contributed by atoms with Crippen LogP contribution in [0.1, 0.15) is 29.3 Å². The number of hydrogen-bond acceptors (Lipinski definition) is 1. The molecule has 0 N–H and O–H groups in total. The summed E-state index contributed by atoms with van der Waals surface area (Å²) in [7, 11) is 0. The average molecular weight is 206 g/mol. The number of halogens is 4.